The Morgan fingerprint density at radius 2 is 2.17 bits per heavy atom. The van der Waals surface area contributed by atoms with E-state index in [4.69, 9.17) is 0 Å². The van der Waals surface area contributed by atoms with Gasteiger partial charge in [0.15, 0.2) is 0 Å². The Morgan fingerprint density at radius 1 is 1.44 bits per heavy atom. The highest BCUT2D eigenvalue weighted by Gasteiger charge is 2.31. The Hall–Kier alpha value is -0.610. The number of hydrogen-bond donors (Lipinski definition) is 3. The lowest BCUT2D eigenvalue weighted by Gasteiger charge is -2.39. The average molecular weight is 255 g/mol. The number of hydrogen-bond acceptors (Lipinski definition) is 3. The summed E-state index contributed by atoms with van der Waals surface area (Å²) < 4.78 is 0. The van der Waals surface area contributed by atoms with E-state index in [2.05, 4.69) is 43.6 Å². The number of carbonyl (C=O) groups is 1. The van der Waals surface area contributed by atoms with Gasteiger partial charge in [0.25, 0.3) is 0 Å². The molecule has 1 aliphatic heterocycles. The molecule has 1 heterocycles. The molecule has 4 nitrogen and oxygen atoms in total. The summed E-state index contributed by atoms with van der Waals surface area (Å²) in [6.45, 7) is 12.4. The van der Waals surface area contributed by atoms with Crippen LogP contribution in [-0.2, 0) is 4.79 Å². The Labute approximate surface area is 111 Å². The highest BCUT2D eigenvalue weighted by Crippen LogP contribution is 2.24. The fourth-order valence-corrected chi connectivity index (χ4v) is 2.32. The van der Waals surface area contributed by atoms with Gasteiger partial charge in [0.05, 0.1) is 0 Å². The Kier molecular flexibility index (Phi) is 6.09. The number of nitrogens with one attached hydrogen (secondary N) is 3. The molecule has 0 saturated carbocycles. The van der Waals surface area contributed by atoms with Crippen LogP contribution >= 0.6 is 0 Å². The van der Waals surface area contributed by atoms with Crippen molar-refractivity contribution >= 4 is 5.91 Å². The van der Waals surface area contributed by atoms with Crippen LogP contribution in [0.3, 0.4) is 0 Å². The van der Waals surface area contributed by atoms with Gasteiger partial charge >= 0.3 is 0 Å². The maximum atomic E-state index is 11.6. The van der Waals surface area contributed by atoms with E-state index < -0.39 is 0 Å². The van der Waals surface area contributed by atoms with Gasteiger partial charge in [0.1, 0.15) is 0 Å². The minimum Gasteiger partial charge on any atom is -0.356 e. The van der Waals surface area contributed by atoms with Crippen molar-refractivity contribution in [2.45, 2.75) is 46.6 Å². The van der Waals surface area contributed by atoms with Crippen molar-refractivity contribution in [1.82, 2.24) is 16.0 Å². The lowest BCUT2D eigenvalue weighted by Crippen LogP contribution is -2.53. The minimum absolute atomic E-state index is 0.156. The Bertz CT molecular complexity index is 264. The van der Waals surface area contributed by atoms with Crippen LogP contribution in [0, 0.1) is 11.3 Å². The van der Waals surface area contributed by atoms with Crippen molar-refractivity contribution in [2.75, 3.05) is 26.2 Å². The van der Waals surface area contributed by atoms with Gasteiger partial charge in [-0.1, -0.05) is 27.7 Å². The quantitative estimate of drug-likeness (QED) is 0.667. The molecule has 1 saturated heterocycles. The first-order valence-electron chi connectivity index (χ1n) is 7.12. The van der Waals surface area contributed by atoms with Crippen molar-refractivity contribution in [1.29, 1.82) is 0 Å². The summed E-state index contributed by atoms with van der Waals surface area (Å²) in [5.41, 5.74) is 0.270. The molecule has 18 heavy (non-hydrogen) atoms. The molecule has 3 N–H and O–H groups in total. The van der Waals surface area contributed by atoms with Crippen molar-refractivity contribution < 1.29 is 4.79 Å². The van der Waals surface area contributed by atoms with Crippen LogP contribution in [-0.4, -0.2) is 38.1 Å². The number of carbonyl (C=O) groups excluding carboxylic acids is 1. The van der Waals surface area contributed by atoms with Gasteiger partial charge in [-0.05, 0) is 24.3 Å². The highest BCUT2D eigenvalue weighted by molar-refractivity contribution is 5.76. The first-order valence-corrected chi connectivity index (χ1v) is 7.12. The van der Waals surface area contributed by atoms with Crippen LogP contribution in [0.4, 0.5) is 0 Å². The van der Waals surface area contributed by atoms with E-state index in [9.17, 15) is 4.79 Å². The van der Waals surface area contributed by atoms with E-state index in [1.807, 2.05) is 0 Å². The number of rotatable bonds is 6. The van der Waals surface area contributed by atoms with Crippen LogP contribution in [0.15, 0.2) is 0 Å². The molecular weight excluding hydrogens is 226 g/mol. The standard InChI is InChI=1S/C14H29N3O/c1-11(2)9-17-13(18)6-8-16-12-5-7-15-10-14(12,3)4/h11-12,15-16H,5-10H2,1-4H3,(H,17,18). The summed E-state index contributed by atoms with van der Waals surface area (Å²) in [4.78, 5) is 11.6. The van der Waals surface area contributed by atoms with Gasteiger partial charge in [0.2, 0.25) is 5.91 Å². The van der Waals surface area contributed by atoms with Crippen LogP contribution in [0.1, 0.15) is 40.5 Å². The molecule has 1 amide bonds. The van der Waals surface area contributed by atoms with Gasteiger partial charge in [-0.3, -0.25) is 4.79 Å². The van der Waals surface area contributed by atoms with Crippen molar-refractivity contribution in [3.05, 3.63) is 0 Å². The molecular formula is C14H29N3O. The van der Waals surface area contributed by atoms with Gasteiger partial charge in [-0.2, -0.15) is 0 Å². The van der Waals surface area contributed by atoms with Crippen LogP contribution < -0.4 is 16.0 Å². The van der Waals surface area contributed by atoms with E-state index in [0.717, 1.165) is 32.6 Å². The topological polar surface area (TPSA) is 53.2 Å². The zero-order chi connectivity index (χ0) is 13.6. The molecule has 0 aromatic heterocycles. The molecule has 0 aromatic rings. The van der Waals surface area contributed by atoms with Crippen LogP contribution in [0.2, 0.25) is 0 Å². The number of amides is 1. The molecule has 0 aromatic carbocycles. The lowest BCUT2D eigenvalue weighted by atomic mass is 9.80. The van der Waals surface area contributed by atoms with Crippen molar-refractivity contribution in [2.24, 2.45) is 11.3 Å². The minimum atomic E-state index is 0.156. The monoisotopic (exact) mass is 255 g/mol. The fourth-order valence-electron chi connectivity index (χ4n) is 2.32. The molecule has 4 heteroatoms. The predicted octanol–water partition coefficient (Wildman–Crippen LogP) is 1.13. The summed E-state index contributed by atoms with van der Waals surface area (Å²) in [5.74, 6) is 0.674. The van der Waals surface area contributed by atoms with Crippen molar-refractivity contribution in [3.63, 3.8) is 0 Å². The molecule has 0 radical (unpaired) electrons. The maximum absolute atomic E-state index is 11.6. The molecule has 0 spiro atoms. The average Bonchev–Trinajstić information content (AvgIpc) is 2.28. The summed E-state index contributed by atoms with van der Waals surface area (Å²) in [6.07, 6.45) is 1.72. The molecule has 0 bridgehead atoms. The summed E-state index contributed by atoms with van der Waals surface area (Å²) >= 11 is 0. The fraction of sp³-hybridized carbons (Fsp3) is 0.929. The lowest BCUT2D eigenvalue weighted by molar-refractivity contribution is -0.121. The van der Waals surface area contributed by atoms with E-state index in [0.29, 0.717) is 18.4 Å². The second-order valence-electron chi connectivity index (χ2n) is 6.41. The van der Waals surface area contributed by atoms with Gasteiger partial charge in [-0.25, -0.2) is 0 Å². The largest absolute Gasteiger partial charge is 0.356 e. The van der Waals surface area contributed by atoms with Gasteiger partial charge < -0.3 is 16.0 Å². The summed E-state index contributed by atoms with van der Waals surface area (Å²) in [5, 5.41) is 9.90. The van der Waals surface area contributed by atoms with E-state index >= 15 is 0 Å². The molecule has 1 aliphatic rings. The van der Waals surface area contributed by atoms with E-state index in [1.54, 1.807) is 0 Å². The molecule has 1 atom stereocenters. The second-order valence-corrected chi connectivity index (χ2v) is 6.41. The Morgan fingerprint density at radius 3 is 2.78 bits per heavy atom. The normalized spacial score (nSPS) is 23.1. The Balaban J connectivity index is 2.18. The number of piperidine rings is 1. The molecule has 1 fully saturated rings. The SMILES string of the molecule is CC(C)CNC(=O)CCNC1CCNCC1(C)C. The molecule has 1 rings (SSSR count). The third-order valence-electron chi connectivity index (χ3n) is 3.58. The van der Waals surface area contributed by atoms with Gasteiger partial charge in [0, 0.05) is 32.1 Å². The summed E-state index contributed by atoms with van der Waals surface area (Å²) in [6, 6.07) is 0.511. The van der Waals surface area contributed by atoms with Crippen LogP contribution in [0.25, 0.3) is 0 Å². The third kappa shape index (κ3) is 5.36. The van der Waals surface area contributed by atoms with Gasteiger partial charge in [-0.15, -0.1) is 0 Å². The molecule has 0 aliphatic carbocycles. The van der Waals surface area contributed by atoms with E-state index in [1.165, 1.54) is 0 Å². The highest BCUT2D eigenvalue weighted by atomic mass is 16.1. The zero-order valence-corrected chi connectivity index (χ0v) is 12.3. The second kappa shape index (κ2) is 7.10. The summed E-state index contributed by atoms with van der Waals surface area (Å²) in [7, 11) is 0. The predicted molar refractivity (Wildman–Crippen MR) is 75.5 cm³/mol. The zero-order valence-electron chi connectivity index (χ0n) is 12.3. The molecule has 106 valence electrons. The first kappa shape index (κ1) is 15.4. The molecule has 1 unspecified atom stereocenters. The van der Waals surface area contributed by atoms with Crippen LogP contribution in [0.5, 0.6) is 0 Å². The van der Waals surface area contributed by atoms with Crippen molar-refractivity contribution in [3.8, 4) is 0 Å². The first-order chi connectivity index (χ1) is 8.42. The maximum Gasteiger partial charge on any atom is 0.221 e. The van der Waals surface area contributed by atoms with E-state index in [-0.39, 0.29) is 11.3 Å². The third-order valence-corrected chi connectivity index (χ3v) is 3.58. The smallest absolute Gasteiger partial charge is 0.221 e.